The highest BCUT2D eigenvalue weighted by molar-refractivity contribution is 7.99. The molecule has 4 nitrogen and oxygen atoms in total. The molecule has 28 heavy (non-hydrogen) atoms. The van der Waals surface area contributed by atoms with Crippen LogP contribution in [0.1, 0.15) is 12.8 Å². The SMILES string of the molecule is S=C(Nc1ccc(Oc2ccccc2)cc1)N1CCN(C2CCSCC2)CC1. The number of anilines is 1. The largest absolute Gasteiger partial charge is 0.457 e. The van der Waals surface area contributed by atoms with Gasteiger partial charge in [0.1, 0.15) is 11.5 Å². The summed E-state index contributed by atoms with van der Waals surface area (Å²) >= 11 is 7.74. The average molecular weight is 414 g/mol. The van der Waals surface area contributed by atoms with Crippen LogP contribution in [0, 0.1) is 0 Å². The minimum atomic E-state index is 0.780. The maximum Gasteiger partial charge on any atom is 0.173 e. The number of para-hydroxylation sites is 1. The van der Waals surface area contributed by atoms with Gasteiger partial charge in [0.05, 0.1) is 0 Å². The van der Waals surface area contributed by atoms with Crippen molar-refractivity contribution in [2.75, 3.05) is 43.0 Å². The van der Waals surface area contributed by atoms with Crippen molar-refractivity contribution in [2.45, 2.75) is 18.9 Å². The van der Waals surface area contributed by atoms with E-state index in [2.05, 4.69) is 26.9 Å². The van der Waals surface area contributed by atoms with Gasteiger partial charge in [-0.2, -0.15) is 11.8 Å². The average Bonchev–Trinajstić information content (AvgIpc) is 2.76. The summed E-state index contributed by atoms with van der Waals surface area (Å²) in [4.78, 5) is 4.95. The van der Waals surface area contributed by atoms with E-state index in [4.69, 9.17) is 17.0 Å². The van der Waals surface area contributed by atoms with Gasteiger partial charge in [-0.1, -0.05) is 18.2 Å². The highest BCUT2D eigenvalue weighted by Crippen LogP contribution is 2.24. The van der Waals surface area contributed by atoms with Crippen LogP contribution in [0.4, 0.5) is 5.69 Å². The van der Waals surface area contributed by atoms with Gasteiger partial charge < -0.3 is 15.0 Å². The number of thioether (sulfide) groups is 1. The predicted octanol–water partition coefficient (Wildman–Crippen LogP) is 4.69. The zero-order valence-corrected chi connectivity index (χ0v) is 17.7. The second-order valence-corrected chi connectivity index (χ2v) is 8.85. The second-order valence-electron chi connectivity index (χ2n) is 7.24. The van der Waals surface area contributed by atoms with E-state index < -0.39 is 0 Å². The molecule has 2 aliphatic rings. The first-order valence-corrected chi connectivity index (χ1v) is 11.5. The van der Waals surface area contributed by atoms with Crippen LogP contribution in [0.2, 0.25) is 0 Å². The van der Waals surface area contributed by atoms with E-state index in [1.165, 1.54) is 24.3 Å². The molecule has 0 spiro atoms. The Morgan fingerprint density at radius 2 is 1.54 bits per heavy atom. The first-order valence-electron chi connectivity index (χ1n) is 9.98. The Morgan fingerprint density at radius 1 is 0.893 bits per heavy atom. The van der Waals surface area contributed by atoms with Crippen LogP contribution in [0.3, 0.4) is 0 Å². The Morgan fingerprint density at radius 3 is 2.21 bits per heavy atom. The number of hydrogen-bond donors (Lipinski definition) is 1. The summed E-state index contributed by atoms with van der Waals surface area (Å²) in [6.07, 6.45) is 2.68. The maximum atomic E-state index is 5.85. The van der Waals surface area contributed by atoms with Gasteiger partial charge in [0.25, 0.3) is 0 Å². The fourth-order valence-electron chi connectivity index (χ4n) is 3.77. The molecule has 2 aliphatic heterocycles. The minimum absolute atomic E-state index is 0.780. The normalized spacial score (nSPS) is 18.6. The molecule has 0 bridgehead atoms. The minimum Gasteiger partial charge on any atom is -0.457 e. The van der Waals surface area contributed by atoms with Crippen molar-refractivity contribution in [2.24, 2.45) is 0 Å². The molecule has 0 aliphatic carbocycles. The third-order valence-corrected chi connectivity index (χ3v) is 6.80. The van der Waals surface area contributed by atoms with Crippen LogP contribution >= 0.6 is 24.0 Å². The number of nitrogens with zero attached hydrogens (tertiary/aromatic N) is 2. The zero-order chi connectivity index (χ0) is 19.2. The molecule has 0 aromatic heterocycles. The molecule has 1 N–H and O–H groups in total. The smallest absolute Gasteiger partial charge is 0.173 e. The van der Waals surface area contributed by atoms with Crippen LogP contribution in [-0.2, 0) is 0 Å². The van der Waals surface area contributed by atoms with Gasteiger partial charge in [-0.25, -0.2) is 0 Å². The lowest BCUT2D eigenvalue weighted by Gasteiger charge is -2.41. The summed E-state index contributed by atoms with van der Waals surface area (Å²) in [6.45, 7) is 4.23. The number of benzene rings is 2. The number of thiocarbonyl (C=S) groups is 1. The van der Waals surface area contributed by atoms with Gasteiger partial charge in [0.2, 0.25) is 0 Å². The molecule has 2 aromatic rings. The number of rotatable bonds is 4. The monoisotopic (exact) mass is 413 g/mol. The Hall–Kier alpha value is -1.76. The predicted molar refractivity (Wildman–Crippen MR) is 123 cm³/mol. The van der Waals surface area contributed by atoms with Crippen molar-refractivity contribution in [3.63, 3.8) is 0 Å². The number of piperazine rings is 1. The third kappa shape index (κ3) is 5.19. The summed E-state index contributed by atoms with van der Waals surface area (Å²) in [6, 6.07) is 18.6. The first kappa shape index (κ1) is 19.6. The Balaban J connectivity index is 1.26. The molecule has 0 saturated carbocycles. The molecule has 0 atom stereocenters. The van der Waals surface area contributed by atoms with E-state index >= 15 is 0 Å². The van der Waals surface area contributed by atoms with Gasteiger partial charge in [0.15, 0.2) is 5.11 Å². The Kier molecular flexibility index (Phi) is 6.73. The molecular formula is C22H27N3OS2. The fraction of sp³-hybridized carbons (Fsp3) is 0.409. The fourth-order valence-corrected chi connectivity index (χ4v) is 5.16. The van der Waals surface area contributed by atoms with Gasteiger partial charge in [0, 0.05) is 37.9 Å². The van der Waals surface area contributed by atoms with E-state index in [1.54, 1.807) is 0 Å². The van der Waals surface area contributed by atoms with Crippen LogP contribution in [0.25, 0.3) is 0 Å². The molecule has 0 unspecified atom stereocenters. The lowest BCUT2D eigenvalue weighted by molar-refractivity contribution is 0.126. The summed E-state index contributed by atoms with van der Waals surface area (Å²) in [7, 11) is 0. The van der Waals surface area contributed by atoms with E-state index in [1.807, 2.05) is 54.6 Å². The molecule has 0 amide bonds. The maximum absolute atomic E-state index is 5.85. The Labute approximate surface area is 177 Å². The van der Waals surface area contributed by atoms with Gasteiger partial charge in [-0.3, -0.25) is 4.90 Å². The summed E-state index contributed by atoms with van der Waals surface area (Å²) in [5, 5.41) is 4.19. The Bertz CT molecular complexity index is 755. The van der Waals surface area contributed by atoms with Crippen molar-refractivity contribution in [3.05, 3.63) is 54.6 Å². The second kappa shape index (κ2) is 9.63. The summed E-state index contributed by atoms with van der Waals surface area (Å²) in [5.74, 6) is 4.29. The highest BCUT2D eigenvalue weighted by atomic mass is 32.2. The summed E-state index contributed by atoms with van der Waals surface area (Å²) < 4.78 is 5.85. The molecular weight excluding hydrogens is 386 g/mol. The molecule has 2 saturated heterocycles. The van der Waals surface area contributed by atoms with E-state index in [0.29, 0.717) is 0 Å². The van der Waals surface area contributed by atoms with Crippen LogP contribution in [0.5, 0.6) is 11.5 Å². The lowest BCUT2D eigenvalue weighted by Crippen LogP contribution is -2.53. The van der Waals surface area contributed by atoms with Gasteiger partial charge in [-0.05, 0) is 73.0 Å². The van der Waals surface area contributed by atoms with Crippen LogP contribution in [0.15, 0.2) is 54.6 Å². The first-order chi connectivity index (χ1) is 13.8. The van der Waals surface area contributed by atoms with E-state index in [0.717, 1.165) is 54.5 Å². The quantitative estimate of drug-likeness (QED) is 0.731. The number of ether oxygens (including phenoxy) is 1. The molecule has 2 aromatic carbocycles. The molecule has 148 valence electrons. The lowest BCUT2D eigenvalue weighted by atomic mass is 10.1. The third-order valence-electron chi connectivity index (χ3n) is 5.39. The van der Waals surface area contributed by atoms with Crippen LogP contribution < -0.4 is 10.1 Å². The molecule has 0 radical (unpaired) electrons. The van der Waals surface area contributed by atoms with Crippen molar-refractivity contribution in [3.8, 4) is 11.5 Å². The zero-order valence-electron chi connectivity index (χ0n) is 16.0. The van der Waals surface area contributed by atoms with Gasteiger partial charge >= 0.3 is 0 Å². The van der Waals surface area contributed by atoms with E-state index in [-0.39, 0.29) is 0 Å². The highest BCUT2D eigenvalue weighted by Gasteiger charge is 2.26. The van der Waals surface area contributed by atoms with Crippen LogP contribution in [-0.4, -0.2) is 58.6 Å². The van der Waals surface area contributed by atoms with Gasteiger partial charge in [-0.15, -0.1) is 0 Å². The van der Waals surface area contributed by atoms with E-state index in [9.17, 15) is 0 Å². The standard InChI is InChI=1S/C22H27N3OS2/c27-22(25-14-12-24(13-15-25)19-10-16-28-17-11-19)23-18-6-8-21(9-7-18)26-20-4-2-1-3-5-20/h1-9,19H,10-17H2,(H,23,27). The van der Waals surface area contributed by atoms with Crippen molar-refractivity contribution < 1.29 is 4.74 Å². The van der Waals surface area contributed by atoms with Crippen molar-refractivity contribution in [1.82, 2.24) is 9.80 Å². The molecule has 2 fully saturated rings. The summed E-state index contributed by atoms with van der Waals surface area (Å²) in [5.41, 5.74) is 0.997. The topological polar surface area (TPSA) is 27.7 Å². The number of hydrogen-bond acceptors (Lipinski definition) is 4. The number of nitrogens with one attached hydrogen (secondary N) is 1. The molecule has 4 rings (SSSR count). The molecule has 2 heterocycles. The molecule has 6 heteroatoms. The van der Waals surface area contributed by atoms with Crippen molar-refractivity contribution >= 4 is 34.8 Å². The van der Waals surface area contributed by atoms with Crippen molar-refractivity contribution in [1.29, 1.82) is 0 Å².